The van der Waals surface area contributed by atoms with Crippen LogP contribution in [0.5, 0.6) is 5.75 Å². The highest BCUT2D eigenvalue weighted by Crippen LogP contribution is 2.30. The second kappa shape index (κ2) is 4.54. The maximum atomic E-state index is 13.3. The molecule has 0 unspecified atom stereocenters. The smallest absolute Gasteiger partial charge is 0.166 e. The van der Waals surface area contributed by atoms with Gasteiger partial charge >= 0.3 is 0 Å². The van der Waals surface area contributed by atoms with Crippen LogP contribution in [0.3, 0.4) is 0 Å². The minimum absolute atomic E-state index is 0.0326. The fraction of sp³-hybridized carbons (Fsp3) is 0.250. The number of alkyl halides is 1. The minimum atomic E-state index is -0.539. The molecule has 0 aromatic heterocycles. The molecule has 1 rings (SSSR count). The van der Waals surface area contributed by atoms with Gasteiger partial charge in [-0.15, -0.1) is 0 Å². The Morgan fingerprint density at radius 1 is 1.54 bits per heavy atom. The van der Waals surface area contributed by atoms with Gasteiger partial charge in [0.25, 0.3) is 0 Å². The van der Waals surface area contributed by atoms with Gasteiger partial charge in [0.1, 0.15) is 5.82 Å². The molecule has 0 atom stereocenters. The molecule has 0 fully saturated rings. The van der Waals surface area contributed by atoms with Gasteiger partial charge in [0.15, 0.2) is 11.6 Å². The lowest BCUT2D eigenvalue weighted by molar-refractivity contribution is 0.377. The largest absolute Gasteiger partial charge is 0.493 e. The highest BCUT2D eigenvalue weighted by molar-refractivity contribution is 14.1. The molecule has 1 aromatic rings. The standard InChI is InChI=1S/C8H6BrF2IO/c1-13-8-4(3-9)7(11)6(12)2-5(8)10/h2H,3H2,1H3. The van der Waals surface area contributed by atoms with E-state index < -0.39 is 11.6 Å². The predicted octanol–water partition coefficient (Wildman–Crippen LogP) is 3.47. The lowest BCUT2D eigenvalue weighted by Crippen LogP contribution is -1.99. The summed E-state index contributed by atoms with van der Waals surface area (Å²) in [5.41, 5.74) is 0.215. The van der Waals surface area contributed by atoms with E-state index in [0.29, 0.717) is 0 Å². The zero-order valence-electron chi connectivity index (χ0n) is 6.70. The van der Waals surface area contributed by atoms with Crippen molar-refractivity contribution >= 4 is 38.5 Å². The second-order valence-corrected chi connectivity index (χ2v) is 4.02. The van der Waals surface area contributed by atoms with E-state index in [1.165, 1.54) is 7.11 Å². The molecule has 0 heterocycles. The summed E-state index contributed by atoms with van der Waals surface area (Å²) in [7, 11) is 1.32. The van der Waals surface area contributed by atoms with Gasteiger partial charge in [0.05, 0.1) is 10.7 Å². The molecular weight excluding hydrogens is 357 g/mol. The second-order valence-electron chi connectivity index (χ2n) is 2.30. The molecule has 0 N–H and O–H groups in total. The Bertz CT molecular complexity index is 330. The number of halogens is 4. The molecule has 0 amide bonds. The average Bonchev–Trinajstić information content (AvgIpc) is 2.10. The zero-order chi connectivity index (χ0) is 10.0. The summed E-state index contributed by atoms with van der Waals surface area (Å²) in [6.45, 7) is 0. The van der Waals surface area contributed by atoms with Crippen molar-refractivity contribution in [2.75, 3.05) is 7.11 Å². The van der Waals surface area contributed by atoms with Crippen molar-refractivity contribution < 1.29 is 13.5 Å². The Morgan fingerprint density at radius 3 is 2.62 bits per heavy atom. The topological polar surface area (TPSA) is 9.23 Å². The van der Waals surface area contributed by atoms with Crippen molar-refractivity contribution in [3.05, 3.63) is 26.8 Å². The summed E-state index contributed by atoms with van der Waals surface area (Å²) < 4.78 is 31.5. The molecule has 0 saturated heterocycles. The normalized spacial score (nSPS) is 10.2. The molecule has 1 aromatic carbocycles. The Hall–Kier alpha value is 0.0900. The molecule has 13 heavy (non-hydrogen) atoms. The van der Waals surface area contributed by atoms with E-state index in [1.807, 2.05) is 0 Å². The predicted molar refractivity (Wildman–Crippen MR) is 58.3 cm³/mol. The average molecular weight is 363 g/mol. The Kier molecular flexibility index (Phi) is 3.90. The summed E-state index contributed by atoms with van der Waals surface area (Å²) >= 11 is 4.82. The number of benzene rings is 1. The first-order valence-corrected chi connectivity index (χ1v) is 5.58. The number of rotatable bonds is 2. The van der Waals surface area contributed by atoms with Gasteiger partial charge in [-0.25, -0.2) is 8.78 Å². The lowest BCUT2D eigenvalue weighted by Gasteiger charge is -2.09. The molecule has 0 bridgehead atoms. The van der Waals surface area contributed by atoms with Crippen LogP contribution >= 0.6 is 38.5 Å². The highest BCUT2D eigenvalue weighted by Gasteiger charge is 2.16. The minimum Gasteiger partial charge on any atom is -0.493 e. The van der Waals surface area contributed by atoms with Crippen LogP contribution < -0.4 is 4.74 Å². The van der Waals surface area contributed by atoms with Gasteiger partial charge in [0, 0.05) is 10.9 Å². The molecule has 5 heteroatoms. The highest BCUT2D eigenvalue weighted by atomic mass is 127. The van der Waals surface area contributed by atoms with Crippen LogP contribution in [-0.2, 0) is 5.33 Å². The monoisotopic (exact) mass is 362 g/mol. The van der Waals surface area contributed by atoms with E-state index in [4.69, 9.17) is 4.74 Å². The van der Waals surface area contributed by atoms with Gasteiger partial charge in [0.2, 0.25) is 0 Å². The van der Waals surface area contributed by atoms with E-state index in [1.54, 1.807) is 22.6 Å². The Balaban J connectivity index is 3.41. The molecule has 0 spiro atoms. The van der Waals surface area contributed by atoms with E-state index in [-0.39, 0.29) is 20.2 Å². The molecule has 72 valence electrons. The third-order valence-electron chi connectivity index (χ3n) is 1.56. The van der Waals surface area contributed by atoms with Gasteiger partial charge in [-0.1, -0.05) is 15.9 Å². The van der Waals surface area contributed by atoms with Gasteiger partial charge in [-0.05, 0) is 28.7 Å². The van der Waals surface area contributed by atoms with Gasteiger partial charge < -0.3 is 4.74 Å². The Morgan fingerprint density at radius 2 is 2.15 bits per heavy atom. The van der Waals surface area contributed by atoms with Crippen molar-refractivity contribution in [2.45, 2.75) is 5.33 Å². The van der Waals surface area contributed by atoms with Crippen LogP contribution in [-0.4, -0.2) is 7.11 Å². The van der Waals surface area contributed by atoms with Crippen molar-refractivity contribution in [3.8, 4) is 5.75 Å². The number of hydrogen-bond donors (Lipinski definition) is 0. The fourth-order valence-corrected chi connectivity index (χ4v) is 2.07. The van der Waals surface area contributed by atoms with Crippen molar-refractivity contribution in [1.82, 2.24) is 0 Å². The van der Waals surface area contributed by atoms with Crippen LogP contribution in [0, 0.1) is 15.2 Å². The van der Waals surface area contributed by atoms with Crippen LogP contribution in [0.15, 0.2) is 6.07 Å². The van der Waals surface area contributed by atoms with Crippen molar-refractivity contribution in [1.29, 1.82) is 0 Å². The van der Waals surface area contributed by atoms with Crippen LogP contribution in [0.1, 0.15) is 5.56 Å². The maximum absolute atomic E-state index is 13.3. The third-order valence-corrected chi connectivity index (χ3v) is 2.90. The zero-order valence-corrected chi connectivity index (χ0v) is 10.4. The molecule has 0 radical (unpaired) electrons. The van der Waals surface area contributed by atoms with E-state index in [9.17, 15) is 8.78 Å². The number of methoxy groups -OCH3 is 1. The molecule has 0 aliphatic carbocycles. The summed E-state index contributed by atoms with van der Waals surface area (Å²) in [6, 6.07) is 1.11. The van der Waals surface area contributed by atoms with Crippen molar-refractivity contribution in [2.24, 2.45) is 0 Å². The first kappa shape index (κ1) is 11.2. The SMILES string of the molecule is COc1c(F)cc(I)c(F)c1CBr. The first-order valence-electron chi connectivity index (χ1n) is 3.38. The molecule has 0 aliphatic heterocycles. The van der Waals surface area contributed by atoms with E-state index in [2.05, 4.69) is 15.9 Å². The number of ether oxygens (including phenoxy) is 1. The number of hydrogen-bond acceptors (Lipinski definition) is 1. The van der Waals surface area contributed by atoms with Crippen LogP contribution in [0.25, 0.3) is 0 Å². The van der Waals surface area contributed by atoms with Crippen LogP contribution in [0.2, 0.25) is 0 Å². The molecule has 1 nitrogen and oxygen atoms in total. The molecular formula is C8H6BrF2IO. The first-order chi connectivity index (χ1) is 6.11. The lowest BCUT2D eigenvalue weighted by atomic mass is 10.2. The quantitative estimate of drug-likeness (QED) is 0.444. The summed E-state index contributed by atoms with van der Waals surface area (Å²) in [5, 5.41) is 0.232. The van der Waals surface area contributed by atoms with Crippen molar-refractivity contribution in [3.63, 3.8) is 0 Å². The molecule has 0 saturated carbocycles. The molecule has 0 aliphatic rings. The fourth-order valence-electron chi connectivity index (χ4n) is 0.968. The third kappa shape index (κ3) is 2.12. The summed E-state index contributed by atoms with van der Waals surface area (Å²) in [6.07, 6.45) is 0. The van der Waals surface area contributed by atoms with Crippen LogP contribution in [0.4, 0.5) is 8.78 Å². The van der Waals surface area contributed by atoms with E-state index in [0.717, 1.165) is 6.07 Å². The van der Waals surface area contributed by atoms with Gasteiger partial charge in [-0.3, -0.25) is 0 Å². The summed E-state index contributed by atoms with van der Waals surface area (Å²) in [5.74, 6) is -1.01. The maximum Gasteiger partial charge on any atom is 0.166 e. The van der Waals surface area contributed by atoms with E-state index >= 15 is 0 Å². The van der Waals surface area contributed by atoms with Gasteiger partial charge in [-0.2, -0.15) is 0 Å². The Labute approximate surface area is 96.7 Å². The summed E-state index contributed by atoms with van der Waals surface area (Å²) in [4.78, 5) is 0.